The first kappa shape index (κ1) is 25.5. The summed E-state index contributed by atoms with van der Waals surface area (Å²) in [5, 5.41) is 22.9. The lowest BCUT2D eigenvalue weighted by molar-refractivity contribution is -0.111. The van der Waals surface area contributed by atoms with Gasteiger partial charge in [-0.15, -0.1) is 0 Å². The van der Waals surface area contributed by atoms with Crippen LogP contribution in [0.15, 0.2) is 91.0 Å². The summed E-state index contributed by atoms with van der Waals surface area (Å²) in [7, 11) is 0. The predicted octanol–water partition coefficient (Wildman–Crippen LogP) is 6.38. The molecular weight excluding hydrogens is 518 g/mol. The number of aromatic nitrogens is 1. The van der Waals surface area contributed by atoms with Gasteiger partial charge in [0.25, 0.3) is 0 Å². The summed E-state index contributed by atoms with van der Waals surface area (Å²) >= 11 is 0. The van der Waals surface area contributed by atoms with Crippen molar-refractivity contribution in [2.24, 2.45) is 0 Å². The molecule has 0 spiro atoms. The lowest BCUT2D eigenvalue weighted by Gasteiger charge is -2.12. The number of ether oxygens (including phenoxy) is 2. The molecule has 4 aromatic carbocycles. The number of aromatic amines is 1. The van der Waals surface area contributed by atoms with Gasteiger partial charge in [-0.2, -0.15) is 5.26 Å². The number of carbonyl (C=O) groups excluding carboxylic acids is 1. The lowest BCUT2D eigenvalue weighted by atomic mass is 9.94. The van der Waals surface area contributed by atoms with Crippen LogP contribution in [0, 0.1) is 11.3 Å². The fourth-order valence-corrected chi connectivity index (χ4v) is 4.96. The molecule has 6 rings (SSSR count). The van der Waals surface area contributed by atoms with Gasteiger partial charge in [0.15, 0.2) is 11.5 Å². The van der Waals surface area contributed by atoms with Crippen LogP contribution in [0.4, 0.5) is 5.69 Å². The van der Waals surface area contributed by atoms with Crippen LogP contribution in [-0.4, -0.2) is 28.8 Å². The number of hydrogen-bond acceptors (Lipinski definition) is 5. The molecule has 1 aliphatic rings. The average Bonchev–Trinajstić information content (AvgIpc) is 3.61. The zero-order valence-electron chi connectivity index (χ0n) is 21.7. The number of aromatic carboxylic acids is 1. The highest BCUT2D eigenvalue weighted by molar-refractivity contribution is 6.14. The van der Waals surface area contributed by atoms with Gasteiger partial charge in [-0.1, -0.05) is 48.5 Å². The highest BCUT2D eigenvalue weighted by Crippen LogP contribution is 2.40. The molecule has 1 amide bonds. The van der Waals surface area contributed by atoms with Gasteiger partial charge in [0, 0.05) is 17.0 Å². The maximum atomic E-state index is 13.0. The van der Waals surface area contributed by atoms with Gasteiger partial charge in [-0.05, 0) is 76.7 Å². The van der Waals surface area contributed by atoms with Crippen LogP contribution in [0.1, 0.15) is 32.7 Å². The number of carboxylic acid groups (broad SMARTS) is 1. The van der Waals surface area contributed by atoms with Crippen molar-refractivity contribution in [2.75, 3.05) is 12.1 Å². The van der Waals surface area contributed by atoms with E-state index >= 15 is 0 Å². The Morgan fingerprint density at radius 3 is 2.59 bits per heavy atom. The molecule has 1 aromatic heterocycles. The fraction of sp³-hybridized carbons (Fsp3) is 0.0606. The van der Waals surface area contributed by atoms with E-state index in [0.717, 1.165) is 27.8 Å². The lowest BCUT2D eigenvalue weighted by Crippen LogP contribution is -2.11. The molecule has 41 heavy (non-hydrogen) atoms. The van der Waals surface area contributed by atoms with Crippen LogP contribution in [0.5, 0.6) is 11.5 Å². The summed E-state index contributed by atoms with van der Waals surface area (Å²) in [6.07, 6.45) is 3.43. The topological polar surface area (TPSA) is 124 Å². The zero-order chi connectivity index (χ0) is 28.3. The minimum atomic E-state index is -1.20. The Hall–Kier alpha value is -5.81. The number of nitriles is 1. The Balaban J connectivity index is 1.48. The first-order chi connectivity index (χ1) is 20.0. The van der Waals surface area contributed by atoms with Gasteiger partial charge >= 0.3 is 5.97 Å². The van der Waals surface area contributed by atoms with E-state index in [9.17, 15) is 20.0 Å². The van der Waals surface area contributed by atoms with Crippen LogP contribution >= 0.6 is 0 Å². The van der Waals surface area contributed by atoms with Crippen molar-refractivity contribution >= 4 is 34.5 Å². The number of nitrogens with zero attached hydrogens (tertiary/aromatic N) is 1. The molecular formula is C33H23N3O5. The summed E-state index contributed by atoms with van der Waals surface area (Å²) in [6.45, 7) is 0.151. The number of anilines is 1. The highest BCUT2D eigenvalue weighted by Gasteiger charge is 2.23. The first-order valence-electron chi connectivity index (χ1n) is 12.8. The Bertz CT molecular complexity index is 1880. The molecule has 0 fully saturated rings. The van der Waals surface area contributed by atoms with Crippen molar-refractivity contribution in [1.29, 1.82) is 5.26 Å². The molecule has 0 unspecified atom stereocenters. The van der Waals surface area contributed by atoms with Gasteiger partial charge in [0.2, 0.25) is 12.7 Å². The third-order valence-electron chi connectivity index (χ3n) is 6.83. The number of carboxylic acids is 1. The summed E-state index contributed by atoms with van der Waals surface area (Å²) in [5.74, 6) is -0.383. The van der Waals surface area contributed by atoms with Crippen molar-refractivity contribution in [2.45, 2.75) is 6.42 Å². The third-order valence-corrected chi connectivity index (χ3v) is 6.83. The molecule has 5 aromatic rings. The van der Waals surface area contributed by atoms with Gasteiger partial charge < -0.3 is 24.9 Å². The molecule has 0 bridgehead atoms. The SMILES string of the molecule is N#Cc1cccc(Cc2cc(-c3ccc4c(c3)OCO4)cc3[nH]c(C(=O)O)c(NC(=O)C=Cc4ccccc4)c23)c1. The van der Waals surface area contributed by atoms with Gasteiger partial charge in [0.1, 0.15) is 5.69 Å². The minimum absolute atomic E-state index is 0.128. The van der Waals surface area contributed by atoms with Crippen molar-refractivity contribution in [1.82, 2.24) is 4.98 Å². The van der Waals surface area contributed by atoms with E-state index in [1.807, 2.05) is 72.8 Å². The normalized spacial score (nSPS) is 12.0. The number of benzene rings is 4. The molecule has 0 saturated carbocycles. The zero-order valence-corrected chi connectivity index (χ0v) is 21.7. The number of fused-ring (bicyclic) bond motifs is 2. The van der Waals surface area contributed by atoms with Crippen LogP contribution in [0.3, 0.4) is 0 Å². The molecule has 0 saturated heterocycles. The maximum absolute atomic E-state index is 13.0. The van der Waals surface area contributed by atoms with E-state index in [0.29, 0.717) is 34.4 Å². The number of nitrogens with one attached hydrogen (secondary N) is 2. The van der Waals surface area contributed by atoms with Crippen LogP contribution in [0.2, 0.25) is 0 Å². The summed E-state index contributed by atoms with van der Waals surface area (Å²) < 4.78 is 11.0. The minimum Gasteiger partial charge on any atom is -0.477 e. The second-order valence-electron chi connectivity index (χ2n) is 9.53. The van der Waals surface area contributed by atoms with E-state index in [1.165, 1.54) is 6.08 Å². The number of rotatable bonds is 7. The Morgan fingerprint density at radius 1 is 0.951 bits per heavy atom. The third kappa shape index (κ3) is 5.24. The highest BCUT2D eigenvalue weighted by atomic mass is 16.7. The summed E-state index contributed by atoms with van der Waals surface area (Å²) in [5.41, 5.74) is 5.27. The predicted molar refractivity (Wildman–Crippen MR) is 155 cm³/mol. The van der Waals surface area contributed by atoms with Crippen molar-refractivity contribution in [3.8, 4) is 28.7 Å². The smallest absolute Gasteiger partial charge is 0.354 e. The van der Waals surface area contributed by atoms with E-state index in [4.69, 9.17) is 9.47 Å². The Labute approximate surface area is 235 Å². The number of H-pyrrole nitrogens is 1. The van der Waals surface area contributed by atoms with Crippen LogP contribution < -0.4 is 14.8 Å². The van der Waals surface area contributed by atoms with Crippen LogP contribution in [-0.2, 0) is 11.2 Å². The number of hydrogen-bond donors (Lipinski definition) is 3. The van der Waals surface area contributed by atoms with Gasteiger partial charge in [-0.25, -0.2) is 4.79 Å². The largest absolute Gasteiger partial charge is 0.477 e. The molecule has 0 atom stereocenters. The molecule has 1 aliphatic heterocycles. The van der Waals surface area contributed by atoms with E-state index in [-0.39, 0.29) is 18.2 Å². The maximum Gasteiger partial charge on any atom is 0.354 e. The molecule has 2 heterocycles. The molecule has 200 valence electrons. The van der Waals surface area contributed by atoms with E-state index < -0.39 is 11.9 Å². The number of carbonyl (C=O) groups is 2. The molecule has 3 N–H and O–H groups in total. The number of amides is 1. The summed E-state index contributed by atoms with van der Waals surface area (Å²) in [4.78, 5) is 28.3. The molecule has 0 aliphatic carbocycles. The monoisotopic (exact) mass is 541 g/mol. The van der Waals surface area contributed by atoms with Crippen molar-refractivity contribution < 1.29 is 24.2 Å². The average molecular weight is 542 g/mol. The quantitative estimate of drug-likeness (QED) is 0.206. The Morgan fingerprint density at radius 2 is 1.78 bits per heavy atom. The van der Waals surface area contributed by atoms with Crippen molar-refractivity contribution in [3.63, 3.8) is 0 Å². The van der Waals surface area contributed by atoms with E-state index in [1.54, 1.807) is 18.2 Å². The summed E-state index contributed by atoms with van der Waals surface area (Å²) in [6, 6.07) is 28.2. The first-order valence-corrected chi connectivity index (χ1v) is 12.8. The van der Waals surface area contributed by atoms with Gasteiger partial charge in [-0.3, -0.25) is 4.79 Å². The van der Waals surface area contributed by atoms with E-state index in [2.05, 4.69) is 16.4 Å². The standard InChI is InChI=1S/C33H23N3O5/c34-18-22-8-4-7-21(13-22)14-25-15-24(23-10-11-27-28(17-23)41-19-40-27)16-26-30(25)31(32(35-26)33(38)39)36-29(37)12-9-20-5-2-1-3-6-20/h1-13,15-17,35H,14,19H2,(H,36,37)(H,38,39). The fourth-order valence-electron chi connectivity index (χ4n) is 4.96. The van der Waals surface area contributed by atoms with Gasteiger partial charge in [0.05, 0.1) is 17.3 Å². The molecule has 8 nitrogen and oxygen atoms in total. The second-order valence-corrected chi connectivity index (χ2v) is 9.53. The van der Waals surface area contributed by atoms with Crippen molar-refractivity contribution in [3.05, 3.63) is 119 Å². The second kappa shape index (κ2) is 10.8. The molecule has 0 radical (unpaired) electrons. The van der Waals surface area contributed by atoms with Crippen LogP contribution in [0.25, 0.3) is 28.1 Å². The Kier molecular flexibility index (Phi) is 6.68. The molecule has 8 heteroatoms.